The summed E-state index contributed by atoms with van der Waals surface area (Å²) in [5, 5.41) is 6.57. The molecule has 0 unspecified atom stereocenters. The van der Waals surface area contributed by atoms with Gasteiger partial charge in [-0.2, -0.15) is 5.10 Å². The van der Waals surface area contributed by atoms with E-state index in [0.29, 0.717) is 24.4 Å². The Morgan fingerprint density at radius 2 is 2.00 bits per heavy atom. The van der Waals surface area contributed by atoms with Gasteiger partial charge in [0, 0.05) is 24.5 Å². The molecule has 1 saturated heterocycles. The van der Waals surface area contributed by atoms with Crippen molar-refractivity contribution in [3.63, 3.8) is 0 Å². The number of nitrogens with zero attached hydrogens (tertiary/aromatic N) is 3. The normalized spacial score (nSPS) is 16.7. The number of nitrogens with one attached hydrogen (secondary N) is 1. The van der Waals surface area contributed by atoms with Gasteiger partial charge < -0.3 is 14.5 Å². The summed E-state index contributed by atoms with van der Waals surface area (Å²) in [6.45, 7) is 0.410. The third-order valence-corrected chi connectivity index (χ3v) is 5.11. The van der Waals surface area contributed by atoms with Gasteiger partial charge >= 0.3 is 0 Å². The van der Waals surface area contributed by atoms with E-state index in [1.54, 1.807) is 23.0 Å². The number of aromatic nitrogens is 2. The van der Waals surface area contributed by atoms with Crippen molar-refractivity contribution in [3.8, 4) is 5.75 Å². The molecule has 0 aliphatic carbocycles. The minimum Gasteiger partial charge on any atom is -0.497 e. The predicted molar refractivity (Wildman–Crippen MR) is 109 cm³/mol. The van der Waals surface area contributed by atoms with E-state index in [9.17, 15) is 9.59 Å². The number of benzene rings is 2. The third-order valence-electron chi connectivity index (χ3n) is 5.11. The van der Waals surface area contributed by atoms with Gasteiger partial charge in [0.2, 0.25) is 5.91 Å². The lowest BCUT2D eigenvalue weighted by molar-refractivity contribution is -0.121. The second-order valence-corrected chi connectivity index (χ2v) is 6.95. The molecule has 7 nitrogen and oxygen atoms in total. The fourth-order valence-corrected chi connectivity index (χ4v) is 3.63. The van der Waals surface area contributed by atoms with Gasteiger partial charge in [-0.3, -0.25) is 14.7 Å². The number of H-pyrrole nitrogens is 1. The zero-order valence-electron chi connectivity index (χ0n) is 16.1. The van der Waals surface area contributed by atoms with Crippen LogP contribution in [0.2, 0.25) is 0 Å². The maximum atomic E-state index is 13.0. The van der Waals surface area contributed by atoms with Gasteiger partial charge in [0.25, 0.3) is 5.91 Å². The summed E-state index contributed by atoms with van der Waals surface area (Å²) in [5.74, 6) is 0.336. The number of anilines is 1. The first-order chi connectivity index (χ1) is 14.2. The van der Waals surface area contributed by atoms with E-state index in [2.05, 4.69) is 10.2 Å². The van der Waals surface area contributed by atoms with E-state index >= 15 is 0 Å². The number of carbonyl (C=O) groups is 2. The van der Waals surface area contributed by atoms with Gasteiger partial charge in [-0.05, 0) is 30.2 Å². The fraction of sp³-hybridized carbons (Fsp3) is 0.227. The first kappa shape index (κ1) is 18.7. The summed E-state index contributed by atoms with van der Waals surface area (Å²) in [4.78, 5) is 29.3. The summed E-state index contributed by atoms with van der Waals surface area (Å²) >= 11 is 0. The van der Waals surface area contributed by atoms with Crippen molar-refractivity contribution < 1.29 is 14.3 Å². The smallest absolute Gasteiger partial charge is 0.272 e. The highest BCUT2D eigenvalue weighted by Crippen LogP contribution is 2.26. The van der Waals surface area contributed by atoms with Crippen molar-refractivity contribution in [1.82, 2.24) is 15.1 Å². The van der Waals surface area contributed by atoms with Gasteiger partial charge in [-0.15, -0.1) is 0 Å². The lowest BCUT2D eigenvalue weighted by Crippen LogP contribution is -2.59. The molecule has 3 aromatic rings. The molecule has 0 saturated carbocycles. The Bertz CT molecular complexity index is 988. The zero-order valence-corrected chi connectivity index (χ0v) is 16.1. The van der Waals surface area contributed by atoms with Crippen molar-refractivity contribution in [2.24, 2.45) is 0 Å². The Balaban J connectivity index is 1.64. The van der Waals surface area contributed by atoms with E-state index in [0.717, 1.165) is 11.3 Å². The first-order valence-corrected chi connectivity index (χ1v) is 9.44. The molecular formula is C22H22N4O3. The molecule has 4 rings (SSSR count). The number of aromatic amines is 1. The molecule has 0 spiro atoms. The highest BCUT2D eigenvalue weighted by molar-refractivity contribution is 6.01. The SMILES string of the molecule is COc1cccc(N2C[C@@H](Cc3ccccc3)N(C(=O)c3ccn[nH]3)CC2=O)c1. The number of ether oxygens (including phenoxy) is 1. The molecule has 1 atom stereocenters. The Hall–Kier alpha value is -3.61. The third kappa shape index (κ3) is 3.99. The quantitative estimate of drug-likeness (QED) is 0.726. The summed E-state index contributed by atoms with van der Waals surface area (Å²) in [6.07, 6.45) is 2.18. The highest BCUT2D eigenvalue weighted by Gasteiger charge is 2.36. The second-order valence-electron chi connectivity index (χ2n) is 6.95. The van der Waals surface area contributed by atoms with Crippen molar-refractivity contribution in [3.05, 3.63) is 78.1 Å². The van der Waals surface area contributed by atoms with Crippen LogP contribution in [-0.4, -0.2) is 53.2 Å². The van der Waals surface area contributed by atoms with Crippen molar-refractivity contribution in [1.29, 1.82) is 0 Å². The Morgan fingerprint density at radius 1 is 1.17 bits per heavy atom. The van der Waals surface area contributed by atoms with Crippen LogP contribution in [0.15, 0.2) is 66.9 Å². The summed E-state index contributed by atoms with van der Waals surface area (Å²) in [7, 11) is 1.60. The lowest BCUT2D eigenvalue weighted by Gasteiger charge is -2.41. The lowest BCUT2D eigenvalue weighted by atomic mass is 10.0. The van der Waals surface area contributed by atoms with Crippen LogP contribution >= 0.6 is 0 Å². The van der Waals surface area contributed by atoms with Gasteiger partial charge in [-0.25, -0.2) is 0 Å². The first-order valence-electron chi connectivity index (χ1n) is 9.44. The average Bonchev–Trinajstić information content (AvgIpc) is 3.30. The number of piperazine rings is 1. The number of hydrogen-bond donors (Lipinski definition) is 1. The Kier molecular flexibility index (Phi) is 5.29. The van der Waals surface area contributed by atoms with E-state index in [1.807, 2.05) is 54.6 Å². The summed E-state index contributed by atoms with van der Waals surface area (Å²) in [6, 6.07) is 18.9. The van der Waals surface area contributed by atoms with Gasteiger partial charge in [0.15, 0.2) is 0 Å². The summed E-state index contributed by atoms with van der Waals surface area (Å²) < 4.78 is 5.30. The molecule has 2 aromatic carbocycles. The molecule has 2 amide bonds. The van der Waals surface area contributed by atoms with Crippen LogP contribution in [0.3, 0.4) is 0 Å². The van der Waals surface area contributed by atoms with Crippen molar-refractivity contribution in [2.75, 3.05) is 25.1 Å². The molecule has 1 aromatic heterocycles. The molecule has 0 bridgehead atoms. The molecule has 1 aliphatic heterocycles. The minimum absolute atomic E-state index is 0.00651. The number of rotatable bonds is 5. The van der Waals surface area contributed by atoms with Crippen LogP contribution in [-0.2, 0) is 11.2 Å². The number of carbonyl (C=O) groups excluding carboxylic acids is 2. The van der Waals surface area contributed by atoms with Gasteiger partial charge in [0.1, 0.15) is 18.0 Å². The highest BCUT2D eigenvalue weighted by atomic mass is 16.5. The predicted octanol–water partition coefficient (Wildman–Crippen LogP) is 2.52. The van der Waals surface area contributed by atoms with Crippen molar-refractivity contribution in [2.45, 2.75) is 12.5 Å². The van der Waals surface area contributed by atoms with Crippen LogP contribution in [0, 0.1) is 0 Å². The minimum atomic E-state index is -0.220. The molecule has 29 heavy (non-hydrogen) atoms. The molecule has 148 valence electrons. The maximum Gasteiger partial charge on any atom is 0.272 e. The Labute approximate surface area is 168 Å². The van der Waals surface area contributed by atoms with Crippen LogP contribution in [0.1, 0.15) is 16.1 Å². The number of methoxy groups -OCH3 is 1. The van der Waals surface area contributed by atoms with Crippen LogP contribution in [0.5, 0.6) is 5.75 Å². The largest absolute Gasteiger partial charge is 0.497 e. The number of amides is 2. The van der Waals surface area contributed by atoms with Gasteiger partial charge in [0.05, 0.1) is 13.2 Å². The molecule has 0 radical (unpaired) electrons. The van der Waals surface area contributed by atoms with E-state index < -0.39 is 0 Å². The second kappa shape index (κ2) is 8.18. The number of hydrogen-bond acceptors (Lipinski definition) is 4. The van der Waals surface area contributed by atoms with Crippen LogP contribution in [0.4, 0.5) is 5.69 Å². The monoisotopic (exact) mass is 390 g/mol. The molecule has 1 fully saturated rings. The molecule has 7 heteroatoms. The van der Waals surface area contributed by atoms with E-state index in [4.69, 9.17) is 4.74 Å². The molecule has 2 heterocycles. The summed E-state index contributed by atoms with van der Waals surface area (Å²) in [5.41, 5.74) is 2.26. The van der Waals surface area contributed by atoms with Crippen molar-refractivity contribution >= 4 is 17.5 Å². The fourth-order valence-electron chi connectivity index (χ4n) is 3.63. The average molecular weight is 390 g/mol. The maximum absolute atomic E-state index is 13.0. The van der Waals surface area contributed by atoms with Crippen LogP contribution in [0.25, 0.3) is 0 Å². The zero-order chi connectivity index (χ0) is 20.2. The molecular weight excluding hydrogens is 368 g/mol. The standard InChI is InChI=1S/C22H22N4O3/c1-29-19-9-5-8-17(13-19)25-14-18(12-16-6-3-2-4-7-16)26(15-21(25)27)22(28)20-10-11-23-24-20/h2-11,13,18H,12,14-15H2,1H3,(H,23,24)/t18-/m1/s1. The molecule has 1 aliphatic rings. The molecule has 1 N–H and O–H groups in total. The van der Waals surface area contributed by atoms with Gasteiger partial charge in [-0.1, -0.05) is 36.4 Å². The Morgan fingerprint density at radius 3 is 2.72 bits per heavy atom. The topological polar surface area (TPSA) is 78.5 Å². The van der Waals surface area contributed by atoms with Crippen LogP contribution < -0.4 is 9.64 Å². The van der Waals surface area contributed by atoms with E-state index in [1.165, 1.54) is 6.20 Å². The van der Waals surface area contributed by atoms with E-state index in [-0.39, 0.29) is 24.4 Å².